The van der Waals surface area contributed by atoms with Crippen LogP contribution in [-0.4, -0.2) is 15.7 Å². The topological polar surface area (TPSA) is 26.3 Å². The van der Waals surface area contributed by atoms with Gasteiger partial charge in [0.1, 0.15) is 0 Å². The summed E-state index contributed by atoms with van der Waals surface area (Å²) < 4.78 is 4.91. The molecule has 0 amide bonds. The zero-order valence-electron chi connectivity index (χ0n) is 11.6. The molecule has 2 nitrogen and oxygen atoms in total. The lowest BCUT2D eigenvalue weighted by Gasteiger charge is -2.02. The van der Waals surface area contributed by atoms with Crippen LogP contribution in [0, 0.1) is 0 Å². The molecule has 3 heteroatoms. The van der Waals surface area contributed by atoms with E-state index in [0.29, 0.717) is 16.2 Å². The molecule has 0 aliphatic rings. The summed E-state index contributed by atoms with van der Waals surface area (Å²) in [6.07, 6.45) is 13.7. The summed E-state index contributed by atoms with van der Waals surface area (Å²) in [7, 11) is 0.300. The van der Waals surface area contributed by atoms with Crippen molar-refractivity contribution in [3.05, 3.63) is 0 Å². The Kier molecular flexibility index (Phi) is 13.5. The molecule has 0 atom stereocenters. The summed E-state index contributed by atoms with van der Waals surface area (Å²) in [5.41, 5.74) is 0. The Morgan fingerprint density at radius 3 is 1.82 bits per heavy atom. The smallest absolute Gasteiger partial charge is 0.311 e. The number of unbranched alkanes of at least 4 members (excludes halogenated alkanes) is 9. The number of hydrogen-bond acceptors (Lipinski definition) is 2. The Bertz CT molecular complexity index is 172. The molecule has 0 fully saturated rings. The van der Waals surface area contributed by atoms with E-state index in [1.165, 1.54) is 57.8 Å². The van der Waals surface area contributed by atoms with Crippen LogP contribution in [0.25, 0.3) is 0 Å². The van der Waals surface area contributed by atoms with Crippen LogP contribution in [0.15, 0.2) is 0 Å². The highest BCUT2D eigenvalue weighted by Crippen LogP contribution is 2.11. The van der Waals surface area contributed by atoms with Crippen LogP contribution in [0.3, 0.4) is 0 Å². The molecule has 2 radical (unpaired) electrons. The predicted molar refractivity (Wildman–Crippen MR) is 74.2 cm³/mol. The van der Waals surface area contributed by atoms with Crippen LogP contribution in [0.2, 0.25) is 6.55 Å². The molecule has 17 heavy (non-hydrogen) atoms. The third-order valence-electron chi connectivity index (χ3n) is 2.95. The van der Waals surface area contributed by atoms with Crippen LogP contribution < -0.4 is 0 Å². The van der Waals surface area contributed by atoms with Crippen LogP contribution in [0.4, 0.5) is 0 Å². The molecule has 0 aromatic carbocycles. The summed E-state index contributed by atoms with van der Waals surface area (Å²) in [5, 5.41) is 0. The van der Waals surface area contributed by atoms with Gasteiger partial charge in [0.15, 0.2) is 0 Å². The van der Waals surface area contributed by atoms with Crippen molar-refractivity contribution in [2.24, 2.45) is 0 Å². The van der Waals surface area contributed by atoms with Crippen molar-refractivity contribution in [3.63, 3.8) is 0 Å². The minimum atomic E-state index is -0.0228. The Labute approximate surface area is 109 Å². The summed E-state index contributed by atoms with van der Waals surface area (Å²) in [6, 6.07) is 0. The fourth-order valence-corrected chi connectivity index (χ4v) is 2.25. The van der Waals surface area contributed by atoms with Crippen molar-refractivity contribution in [3.8, 4) is 0 Å². The summed E-state index contributed by atoms with van der Waals surface area (Å²) in [5.74, 6) is -0.0228. The van der Waals surface area contributed by atoms with E-state index in [2.05, 4.69) is 6.92 Å². The summed E-state index contributed by atoms with van der Waals surface area (Å²) >= 11 is 0. The first-order valence-electron chi connectivity index (χ1n) is 7.17. The van der Waals surface area contributed by atoms with Crippen molar-refractivity contribution < 1.29 is 9.22 Å². The van der Waals surface area contributed by atoms with Gasteiger partial charge in [0, 0.05) is 6.42 Å². The van der Waals surface area contributed by atoms with Crippen molar-refractivity contribution in [1.82, 2.24) is 0 Å². The highest BCUT2D eigenvalue weighted by atomic mass is 28.2. The molecular formula is C14H28O2Si. The second-order valence-electron chi connectivity index (χ2n) is 4.61. The minimum Gasteiger partial charge on any atom is -0.517 e. The first-order chi connectivity index (χ1) is 8.31. The van der Waals surface area contributed by atoms with Gasteiger partial charge in [0.2, 0.25) is 0 Å². The van der Waals surface area contributed by atoms with E-state index in [4.69, 9.17) is 4.43 Å². The van der Waals surface area contributed by atoms with E-state index >= 15 is 0 Å². The van der Waals surface area contributed by atoms with Crippen molar-refractivity contribution in [1.29, 1.82) is 0 Å². The molecule has 0 aromatic heterocycles. The summed E-state index contributed by atoms with van der Waals surface area (Å²) in [4.78, 5) is 11.1. The van der Waals surface area contributed by atoms with Gasteiger partial charge in [-0.2, -0.15) is 0 Å². The van der Waals surface area contributed by atoms with E-state index in [0.717, 1.165) is 6.42 Å². The first kappa shape index (κ1) is 16.7. The van der Waals surface area contributed by atoms with Gasteiger partial charge in [-0.05, 0) is 13.0 Å². The minimum absolute atomic E-state index is 0.0228. The Hall–Kier alpha value is -0.313. The molecule has 100 valence electrons. The Morgan fingerprint density at radius 1 is 0.882 bits per heavy atom. The normalized spacial score (nSPS) is 10.5. The molecule has 0 heterocycles. The predicted octanol–water partition coefficient (Wildman–Crippen LogP) is 4.51. The average Bonchev–Trinajstić information content (AvgIpc) is 2.32. The molecular weight excluding hydrogens is 228 g/mol. The van der Waals surface area contributed by atoms with E-state index in [1.807, 2.05) is 6.55 Å². The molecule has 0 unspecified atom stereocenters. The molecule has 0 saturated heterocycles. The number of rotatable bonds is 12. The van der Waals surface area contributed by atoms with Gasteiger partial charge in [0.05, 0.1) is 0 Å². The molecule has 0 saturated carbocycles. The number of carbonyl (C=O) groups excluding carboxylic acids is 1. The van der Waals surface area contributed by atoms with Gasteiger partial charge in [0.25, 0.3) is 5.97 Å². The molecule has 0 rings (SSSR count). The highest BCUT2D eigenvalue weighted by Gasteiger charge is 2.00. The molecule has 0 spiro atoms. The van der Waals surface area contributed by atoms with Gasteiger partial charge in [-0.25, -0.2) is 0 Å². The zero-order chi connectivity index (χ0) is 12.8. The van der Waals surface area contributed by atoms with E-state index < -0.39 is 0 Å². The van der Waals surface area contributed by atoms with Crippen molar-refractivity contribution >= 4 is 15.7 Å². The lowest BCUT2D eigenvalue weighted by Crippen LogP contribution is -2.05. The maximum absolute atomic E-state index is 11.1. The largest absolute Gasteiger partial charge is 0.517 e. The standard InChI is InChI=1S/C14H28O2Si/c1-3-4-5-6-7-8-9-10-11-12-13-14(15)16-17-2/h3-13H2,1-2H3. The van der Waals surface area contributed by atoms with Crippen LogP contribution in [-0.2, 0) is 9.22 Å². The molecule has 0 aliphatic heterocycles. The quantitative estimate of drug-likeness (QED) is 0.379. The third-order valence-corrected chi connectivity index (χ3v) is 3.38. The lowest BCUT2D eigenvalue weighted by atomic mass is 10.1. The highest BCUT2D eigenvalue weighted by molar-refractivity contribution is 6.28. The number of carbonyl (C=O) groups is 1. The lowest BCUT2D eigenvalue weighted by molar-refractivity contribution is -0.134. The van der Waals surface area contributed by atoms with Crippen molar-refractivity contribution in [2.75, 3.05) is 0 Å². The summed E-state index contributed by atoms with van der Waals surface area (Å²) in [6.45, 7) is 4.14. The molecule has 0 aromatic rings. The Morgan fingerprint density at radius 2 is 1.35 bits per heavy atom. The van der Waals surface area contributed by atoms with Crippen molar-refractivity contribution in [2.45, 2.75) is 84.1 Å². The number of hydrogen-bond donors (Lipinski definition) is 0. The van der Waals surface area contributed by atoms with Gasteiger partial charge in [-0.3, -0.25) is 4.79 Å². The van der Waals surface area contributed by atoms with Gasteiger partial charge >= 0.3 is 9.76 Å². The van der Waals surface area contributed by atoms with E-state index in [-0.39, 0.29) is 5.97 Å². The zero-order valence-corrected chi connectivity index (χ0v) is 12.6. The average molecular weight is 256 g/mol. The maximum atomic E-state index is 11.1. The van der Waals surface area contributed by atoms with Gasteiger partial charge < -0.3 is 4.43 Å². The Balaban J connectivity index is 3.01. The fourth-order valence-electron chi connectivity index (χ4n) is 1.92. The molecule has 0 bridgehead atoms. The van der Waals surface area contributed by atoms with E-state index in [1.54, 1.807) is 0 Å². The van der Waals surface area contributed by atoms with Gasteiger partial charge in [-0.15, -0.1) is 0 Å². The molecule has 0 N–H and O–H groups in total. The second-order valence-corrected chi connectivity index (χ2v) is 5.22. The van der Waals surface area contributed by atoms with Gasteiger partial charge in [-0.1, -0.05) is 64.7 Å². The van der Waals surface area contributed by atoms with Crippen LogP contribution >= 0.6 is 0 Å². The monoisotopic (exact) mass is 256 g/mol. The van der Waals surface area contributed by atoms with Crippen LogP contribution in [0.5, 0.6) is 0 Å². The fraction of sp³-hybridized carbons (Fsp3) is 0.929. The maximum Gasteiger partial charge on any atom is 0.311 e. The third kappa shape index (κ3) is 13.6. The van der Waals surface area contributed by atoms with E-state index in [9.17, 15) is 4.79 Å². The molecule has 0 aliphatic carbocycles. The second kappa shape index (κ2) is 13.8. The first-order valence-corrected chi connectivity index (χ1v) is 8.58. The van der Waals surface area contributed by atoms with Crippen LogP contribution in [0.1, 0.15) is 77.6 Å². The SMILES string of the molecule is CCCCCCCCCCCCC(=O)O[Si]C.